The van der Waals surface area contributed by atoms with Crippen molar-refractivity contribution in [3.63, 3.8) is 0 Å². The highest BCUT2D eigenvalue weighted by molar-refractivity contribution is 6.09. The molecule has 0 amide bonds. The van der Waals surface area contributed by atoms with Crippen LogP contribution in [0.25, 0.3) is 49.9 Å². The van der Waals surface area contributed by atoms with Gasteiger partial charge >= 0.3 is 0 Å². The second kappa shape index (κ2) is 16.5. The van der Waals surface area contributed by atoms with Gasteiger partial charge in [0, 0.05) is 50.0 Å². The predicted octanol–water partition coefficient (Wildman–Crippen LogP) is 17.8. The Hall–Kier alpha value is -7.11. The summed E-state index contributed by atoms with van der Waals surface area (Å²) in [5.74, 6) is 2.31. The highest BCUT2D eigenvalue weighted by Gasteiger charge is 2.38. The molecule has 0 bridgehead atoms. The van der Waals surface area contributed by atoms with Gasteiger partial charge in [0.2, 0.25) is 0 Å². The first-order valence-electron chi connectivity index (χ1n) is 26.4. The van der Waals surface area contributed by atoms with Crippen LogP contribution in [0.2, 0.25) is 0 Å². The number of nitrogens with zero attached hydrogens (tertiary/aromatic N) is 4. The molecule has 2 aliphatic rings. The Kier molecular flexibility index (Phi) is 9.87. The summed E-state index contributed by atoms with van der Waals surface area (Å²) in [6.45, 7) is 20.7. The average Bonchev–Trinajstić information content (AvgIpc) is 3.90. The van der Waals surface area contributed by atoms with Crippen molar-refractivity contribution >= 4 is 44.6 Å². The molecule has 5 heteroatoms. The normalized spacial score (nSPS) is 16.2. The van der Waals surface area contributed by atoms with Crippen molar-refractivity contribution in [2.45, 2.75) is 111 Å². The van der Waals surface area contributed by atoms with Gasteiger partial charge in [-0.05, 0) is 135 Å². The van der Waals surface area contributed by atoms with E-state index in [0.717, 1.165) is 91.2 Å². The Balaban J connectivity index is 1.03. The van der Waals surface area contributed by atoms with E-state index < -0.39 is 6.85 Å². The SMILES string of the molecule is [2H]C([2H])([2H])c1cc(C(C)(C)C)ccc1-c1cccc(-c2ccc3c(c2)C(C)(C)CCC3(C)C)c1N1CN(c2cccc(Oc3ccc4c5ccccc5n(-c5cc(C(C)(C)C)ccn5)c4c3)c2)c2ccccc21. The Bertz CT molecular complexity index is 3620. The van der Waals surface area contributed by atoms with Gasteiger partial charge in [-0.15, -0.1) is 0 Å². The first kappa shape index (κ1) is 41.8. The first-order valence-corrected chi connectivity index (χ1v) is 24.9. The Morgan fingerprint density at radius 3 is 1.99 bits per heavy atom. The lowest BCUT2D eigenvalue weighted by molar-refractivity contribution is 0.332. The quantitative estimate of drug-likeness (QED) is 0.159. The first-order chi connectivity index (χ1) is 34.6. The van der Waals surface area contributed by atoms with Crippen LogP contribution in [0.15, 0.2) is 164 Å². The van der Waals surface area contributed by atoms with Gasteiger partial charge in [-0.25, -0.2) is 4.98 Å². The minimum absolute atomic E-state index is 0.000581. The fraction of sp³-hybridized carbons (Fsp3) is 0.277. The van der Waals surface area contributed by atoms with E-state index in [0.29, 0.717) is 23.5 Å². The number of hydrogen-bond donors (Lipinski definition) is 0. The summed E-state index contributed by atoms with van der Waals surface area (Å²) in [5.41, 5.74) is 15.0. The number of anilines is 4. The molecule has 0 spiro atoms. The summed E-state index contributed by atoms with van der Waals surface area (Å²) in [6.07, 6.45) is 4.14. The van der Waals surface area contributed by atoms with Crippen molar-refractivity contribution in [2.24, 2.45) is 0 Å². The monoisotopic (exact) mass is 922 g/mol. The van der Waals surface area contributed by atoms with E-state index in [4.69, 9.17) is 13.8 Å². The van der Waals surface area contributed by atoms with Gasteiger partial charge in [0.25, 0.3) is 0 Å². The number of hydrogen-bond acceptors (Lipinski definition) is 4. The van der Waals surface area contributed by atoms with Crippen molar-refractivity contribution in [1.29, 1.82) is 0 Å². The molecule has 5 nitrogen and oxygen atoms in total. The predicted molar refractivity (Wildman–Crippen MR) is 295 cm³/mol. The van der Waals surface area contributed by atoms with Gasteiger partial charge in [0.15, 0.2) is 0 Å². The number of para-hydroxylation sites is 4. The minimum Gasteiger partial charge on any atom is -0.457 e. The second-order valence-corrected chi connectivity index (χ2v) is 23.0. The Morgan fingerprint density at radius 1 is 0.543 bits per heavy atom. The maximum Gasteiger partial charge on any atom is 0.137 e. The van der Waals surface area contributed by atoms with Gasteiger partial charge in [0.05, 0.1) is 28.1 Å². The van der Waals surface area contributed by atoms with E-state index in [1.165, 1.54) is 16.7 Å². The summed E-state index contributed by atoms with van der Waals surface area (Å²) >= 11 is 0. The lowest BCUT2D eigenvalue weighted by Crippen LogP contribution is -2.33. The maximum absolute atomic E-state index is 8.95. The summed E-state index contributed by atoms with van der Waals surface area (Å²) in [7, 11) is 0. The van der Waals surface area contributed by atoms with E-state index in [2.05, 4.69) is 223 Å². The largest absolute Gasteiger partial charge is 0.457 e. The second-order valence-electron chi connectivity index (χ2n) is 23.0. The molecule has 11 rings (SSSR count). The molecular weight excluding hydrogens is 853 g/mol. The van der Waals surface area contributed by atoms with Crippen molar-refractivity contribution < 1.29 is 8.85 Å². The number of ether oxygens (including phenoxy) is 1. The fourth-order valence-electron chi connectivity index (χ4n) is 11.0. The van der Waals surface area contributed by atoms with Crippen LogP contribution in [0.5, 0.6) is 11.5 Å². The number of benzene rings is 7. The van der Waals surface area contributed by atoms with Crippen molar-refractivity contribution in [3.05, 3.63) is 192 Å². The van der Waals surface area contributed by atoms with Crippen LogP contribution < -0.4 is 14.5 Å². The molecule has 70 heavy (non-hydrogen) atoms. The topological polar surface area (TPSA) is 33.5 Å². The lowest BCUT2D eigenvalue weighted by Gasteiger charge is -2.42. The maximum atomic E-state index is 8.95. The molecule has 1 aliphatic carbocycles. The minimum atomic E-state index is -2.35. The zero-order valence-electron chi connectivity index (χ0n) is 45.4. The van der Waals surface area contributed by atoms with Crippen molar-refractivity contribution in [1.82, 2.24) is 9.55 Å². The van der Waals surface area contributed by atoms with Gasteiger partial charge in [-0.1, -0.05) is 160 Å². The average molecular weight is 922 g/mol. The lowest BCUT2D eigenvalue weighted by atomic mass is 9.63. The number of pyridine rings is 1. The molecule has 352 valence electrons. The zero-order valence-corrected chi connectivity index (χ0v) is 42.4. The van der Waals surface area contributed by atoms with E-state index >= 15 is 0 Å². The number of aryl methyl sites for hydroxylation is 1. The van der Waals surface area contributed by atoms with Crippen LogP contribution in [-0.2, 0) is 21.7 Å². The summed E-state index contributed by atoms with van der Waals surface area (Å²) in [6, 6.07) is 55.6. The third kappa shape index (κ3) is 7.84. The molecule has 0 atom stereocenters. The smallest absolute Gasteiger partial charge is 0.137 e. The molecule has 3 heterocycles. The highest BCUT2D eigenvalue weighted by atomic mass is 16.5. The van der Waals surface area contributed by atoms with Crippen LogP contribution in [0, 0.1) is 6.85 Å². The standard InChI is InChI=1S/C65H66N4O/c1-42-36-44(62(2,3)4)27-29-49(42)53-22-17-21-50(43-26-31-54-55(37-43)65(10,11)34-33-64(54,8)9)61(53)68-41-67(57-24-14-15-25-58(57)68)46-18-16-19-47(39-46)70-48-28-30-52-51-20-12-13-23-56(51)69(59(52)40-48)60-38-45(32-35-66-60)63(5,6)7/h12-32,35-40H,33-34,41H2,1-11H3/i1D3. The zero-order chi connectivity index (χ0) is 51.4. The van der Waals surface area contributed by atoms with Crippen LogP contribution in [0.1, 0.15) is 114 Å². The molecule has 0 unspecified atom stereocenters. The van der Waals surface area contributed by atoms with Gasteiger partial charge in [-0.2, -0.15) is 0 Å². The van der Waals surface area contributed by atoms with Crippen molar-refractivity contribution in [2.75, 3.05) is 16.5 Å². The molecule has 0 N–H and O–H groups in total. The molecule has 1 aliphatic heterocycles. The highest BCUT2D eigenvalue weighted by Crippen LogP contribution is 2.53. The van der Waals surface area contributed by atoms with Gasteiger partial charge in [-0.3, -0.25) is 4.57 Å². The Morgan fingerprint density at radius 2 is 1.21 bits per heavy atom. The van der Waals surface area contributed by atoms with Gasteiger partial charge in [0.1, 0.15) is 24.0 Å². The summed E-state index contributed by atoms with van der Waals surface area (Å²) in [5, 5.41) is 2.29. The number of rotatable bonds is 7. The molecular formula is C65H66N4O. The molecule has 2 aromatic heterocycles. The van der Waals surface area contributed by atoms with E-state index in [1.807, 2.05) is 24.4 Å². The van der Waals surface area contributed by atoms with E-state index in [9.17, 15) is 0 Å². The fourth-order valence-corrected chi connectivity index (χ4v) is 11.0. The van der Waals surface area contributed by atoms with Crippen LogP contribution in [0.4, 0.5) is 22.7 Å². The molecule has 0 saturated carbocycles. The molecule has 0 saturated heterocycles. The molecule has 0 radical (unpaired) electrons. The van der Waals surface area contributed by atoms with E-state index in [-0.39, 0.29) is 21.7 Å². The van der Waals surface area contributed by atoms with E-state index in [1.54, 1.807) is 0 Å². The van der Waals surface area contributed by atoms with Crippen LogP contribution >= 0.6 is 0 Å². The molecule has 0 fully saturated rings. The molecule has 9 aromatic rings. The third-order valence-electron chi connectivity index (χ3n) is 15.2. The van der Waals surface area contributed by atoms with Crippen molar-refractivity contribution in [3.8, 4) is 39.6 Å². The Labute approximate surface area is 419 Å². The number of fused-ring (bicyclic) bond motifs is 5. The van der Waals surface area contributed by atoms with Crippen LogP contribution in [-0.4, -0.2) is 16.2 Å². The molecule has 7 aromatic carbocycles. The number of aromatic nitrogens is 2. The third-order valence-corrected chi connectivity index (χ3v) is 15.2. The summed E-state index contributed by atoms with van der Waals surface area (Å²) < 4.78 is 35.9. The van der Waals surface area contributed by atoms with Crippen LogP contribution in [0.3, 0.4) is 0 Å². The van der Waals surface area contributed by atoms with Gasteiger partial charge < -0.3 is 14.5 Å². The summed E-state index contributed by atoms with van der Waals surface area (Å²) in [4.78, 5) is 9.62.